The van der Waals surface area contributed by atoms with Crippen LogP contribution in [0.25, 0.3) is 66.1 Å². The van der Waals surface area contributed by atoms with Crippen LogP contribution in [-0.2, 0) is 0 Å². The molecule has 0 bridgehead atoms. The van der Waals surface area contributed by atoms with E-state index in [1.807, 2.05) is 0 Å². The second-order valence-electron chi connectivity index (χ2n) is 21.9. The standard InChI is InChI=1S/C78H58N2Si3/c1-9-30-61(31-10-1)79-75-50-27-25-48-71(75)73-56-59(52-54-77(73)79)60-53-55-78-74(57-60)72-49-26-28-51-76(72)80(78)62-32-29-47-70(58-62)82(66-39-17-5-18-40-66,67-41-19-6-20-42-67)83(68-43-21-7-22-44-68,69-45-23-8-24-46-69)81(63-33-11-2-12-34-63,64-35-13-3-14-36-64)65-37-15-4-16-38-65/h1-58H. The number of nitrogens with zero attached hydrogens (tertiary/aromatic N) is 2. The average molecular weight is 1110 g/mol. The van der Waals surface area contributed by atoms with Crippen LogP contribution in [0.4, 0.5) is 0 Å². The monoisotopic (exact) mass is 1110 g/mol. The summed E-state index contributed by atoms with van der Waals surface area (Å²) in [4.78, 5) is 0. The van der Waals surface area contributed by atoms with E-state index < -0.39 is 22.3 Å². The molecule has 0 aliphatic rings. The first-order valence-electron chi connectivity index (χ1n) is 28.8. The average Bonchev–Trinajstić information content (AvgIpc) is 1.49. The molecule has 5 heteroatoms. The minimum atomic E-state index is -3.60. The highest BCUT2D eigenvalue weighted by molar-refractivity contribution is 7.89. The fraction of sp³-hybridized carbons (Fsp3) is 0. The Morgan fingerprint density at radius 2 is 0.458 bits per heavy atom. The number of hydrogen-bond acceptors (Lipinski definition) is 0. The van der Waals surface area contributed by atoms with Gasteiger partial charge in [0.15, 0.2) is 0 Å². The Hall–Kier alpha value is -9.89. The van der Waals surface area contributed by atoms with Crippen molar-refractivity contribution < 1.29 is 0 Å². The largest absolute Gasteiger partial charge is 0.309 e. The van der Waals surface area contributed by atoms with Gasteiger partial charge < -0.3 is 9.13 Å². The van der Waals surface area contributed by atoms with Gasteiger partial charge in [-0.1, -0.05) is 327 Å². The van der Waals surface area contributed by atoms with Gasteiger partial charge in [0.2, 0.25) is 0 Å². The van der Waals surface area contributed by atoms with E-state index in [0.29, 0.717) is 0 Å². The molecule has 0 radical (unpaired) electrons. The molecule has 0 unspecified atom stereocenters. The van der Waals surface area contributed by atoms with Gasteiger partial charge in [-0.2, -0.15) is 0 Å². The first-order chi connectivity index (χ1) is 41.2. The van der Waals surface area contributed by atoms with E-state index in [4.69, 9.17) is 0 Å². The summed E-state index contributed by atoms with van der Waals surface area (Å²) in [6, 6.07) is 135. The molecule has 0 atom stereocenters. The lowest BCUT2D eigenvalue weighted by Gasteiger charge is -2.59. The molecular formula is C78H58N2Si3. The fourth-order valence-electron chi connectivity index (χ4n) is 14.7. The van der Waals surface area contributed by atoms with Crippen molar-refractivity contribution >= 4 is 107 Å². The first-order valence-corrected chi connectivity index (χ1v) is 36.8. The Labute approximate surface area is 487 Å². The van der Waals surface area contributed by atoms with E-state index >= 15 is 0 Å². The normalized spacial score (nSPS) is 12.1. The molecule has 0 saturated carbocycles. The van der Waals surface area contributed by atoms with Crippen molar-refractivity contribution in [2.24, 2.45) is 0 Å². The lowest BCUT2D eigenvalue weighted by Crippen LogP contribution is -3.04. The minimum Gasteiger partial charge on any atom is -0.309 e. The van der Waals surface area contributed by atoms with Crippen molar-refractivity contribution in [3.8, 4) is 22.5 Å². The van der Waals surface area contributed by atoms with E-state index in [-0.39, 0.29) is 0 Å². The quantitative estimate of drug-likeness (QED) is 0.0804. The predicted molar refractivity (Wildman–Crippen MR) is 360 cm³/mol. The van der Waals surface area contributed by atoms with Crippen LogP contribution >= 0.6 is 0 Å². The molecule has 0 fully saturated rings. The SMILES string of the molecule is c1ccc(-n2c3ccccc3c3cc(-c4ccc5c(c4)c4ccccc4n5-c4cccc([Si](c5ccccc5)(c5ccccc5)[Si](c5ccccc5)(c5ccccc5)[Si](c5ccccc5)(c5ccccc5)c5ccccc5)c4)ccc32)cc1. The molecule has 0 spiro atoms. The highest BCUT2D eigenvalue weighted by Crippen LogP contribution is 2.39. The summed E-state index contributed by atoms with van der Waals surface area (Å²) in [6.07, 6.45) is 0. The van der Waals surface area contributed by atoms with E-state index in [1.54, 1.807) is 0 Å². The molecule has 0 saturated heterocycles. The maximum absolute atomic E-state index is 3.60. The van der Waals surface area contributed by atoms with Crippen LogP contribution in [0.1, 0.15) is 0 Å². The summed E-state index contributed by atoms with van der Waals surface area (Å²) in [6.45, 7) is 0. The zero-order valence-corrected chi connectivity index (χ0v) is 48.9. The van der Waals surface area contributed by atoms with Crippen LogP contribution in [-0.4, -0.2) is 31.4 Å². The van der Waals surface area contributed by atoms with E-state index in [0.717, 1.165) is 11.4 Å². The molecule has 0 aliphatic heterocycles. The Morgan fingerprint density at radius 1 is 0.181 bits per heavy atom. The van der Waals surface area contributed by atoms with Gasteiger partial charge >= 0.3 is 0 Å². The lowest BCUT2D eigenvalue weighted by molar-refractivity contribution is 1.18. The van der Waals surface area contributed by atoms with Crippen LogP contribution in [0.5, 0.6) is 0 Å². The van der Waals surface area contributed by atoms with Gasteiger partial charge in [0, 0.05) is 32.9 Å². The summed E-state index contributed by atoms with van der Waals surface area (Å²) < 4.78 is 4.94. The van der Waals surface area contributed by atoms with Crippen molar-refractivity contribution in [2.75, 3.05) is 0 Å². The first kappa shape index (κ1) is 50.1. The van der Waals surface area contributed by atoms with Crippen LogP contribution in [0.2, 0.25) is 0 Å². The molecule has 13 aromatic carbocycles. The Bertz CT molecular complexity index is 4590. The zero-order valence-electron chi connectivity index (χ0n) is 45.9. The van der Waals surface area contributed by atoms with Gasteiger partial charge in [0.05, 0.1) is 22.1 Å². The van der Waals surface area contributed by atoms with E-state index in [9.17, 15) is 0 Å². The van der Waals surface area contributed by atoms with E-state index in [1.165, 1.54) is 96.2 Å². The van der Waals surface area contributed by atoms with Crippen molar-refractivity contribution in [3.05, 3.63) is 352 Å². The Balaban J connectivity index is 1.05. The smallest absolute Gasteiger partial charge is 0.148 e. The van der Waals surface area contributed by atoms with Crippen LogP contribution in [0, 0.1) is 0 Å². The number of benzene rings is 13. The fourth-order valence-corrected chi connectivity index (χ4v) is 60.0. The van der Waals surface area contributed by atoms with Crippen LogP contribution < -0.4 is 41.5 Å². The van der Waals surface area contributed by atoms with Crippen molar-refractivity contribution in [1.82, 2.24) is 9.13 Å². The second kappa shape index (κ2) is 20.9. The predicted octanol–water partition coefficient (Wildman–Crippen LogP) is 13.6. The van der Waals surface area contributed by atoms with Crippen LogP contribution in [0.15, 0.2) is 352 Å². The highest BCUT2D eigenvalue weighted by Gasteiger charge is 2.72. The number of fused-ring (bicyclic) bond motifs is 6. The molecule has 0 aliphatic carbocycles. The molecule has 83 heavy (non-hydrogen) atoms. The summed E-state index contributed by atoms with van der Waals surface area (Å²) in [5.41, 5.74) is 9.47. The molecule has 15 aromatic rings. The Morgan fingerprint density at radius 3 is 0.843 bits per heavy atom. The molecule has 0 N–H and O–H groups in total. The summed E-state index contributed by atoms with van der Waals surface area (Å²) in [7, 11) is -10.6. The third-order valence-electron chi connectivity index (χ3n) is 17.8. The van der Waals surface area contributed by atoms with Gasteiger partial charge in [-0.15, -0.1) is 0 Å². The third kappa shape index (κ3) is 7.73. The van der Waals surface area contributed by atoms with Crippen LogP contribution in [0.3, 0.4) is 0 Å². The number of rotatable bonds is 13. The molecule has 2 heterocycles. The molecule has 15 rings (SSSR count). The van der Waals surface area contributed by atoms with Gasteiger partial charge in [-0.25, -0.2) is 0 Å². The zero-order chi connectivity index (χ0) is 55.2. The van der Waals surface area contributed by atoms with Gasteiger partial charge in [0.1, 0.15) is 22.3 Å². The molecule has 0 amide bonds. The molecule has 392 valence electrons. The van der Waals surface area contributed by atoms with Gasteiger partial charge in [0.25, 0.3) is 0 Å². The summed E-state index contributed by atoms with van der Waals surface area (Å²) in [5, 5.41) is 16.3. The summed E-state index contributed by atoms with van der Waals surface area (Å²) >= 11 is 0. The lowest BCUT2D eigenvalue weighted by atomic mass is 10.0. The van der Waals surface area contributed by atoms with Crippen molar-refractivity contribution in [2.45, 2.75) is 0 Å². The summed E-state index contributed by atoms with van der Waals surface area (Å²) in [5.74, 6) is 0. The minimum absolute atomic E-state index is 1.15. The van der Waals surface area contributed by atoms with Crippen molar-refractivity contribution in [1.29, 1.82) is 0 Å². The number of para-hydroxylation sites is 3. The molecular weight excluding hydrogens is 1050 g/mol. The second-order valence-corrected chi connectivity index (χ2v) is 41.5. The maximum Gasteiger partial charge on any atom is 0.148 e. The number of hydrogen-bond donors (Lipinski definition) is 0. The Kier molecular flexibility index (Phi) is 12.6. The van der Waals surface area contributed by atoms with Gasteiger partial charge in [-0.05, 0) is 77.0 Å². The molecule has 2 aromatic heterocycles. The van der Waals surface area contributed by atoms with E-state index in [2.05, 4.69) is 361 Å². The van der Waals surface area contributed by atoms with Crippen molar-refractivity contribution in [3.63, 3.8) is 0 Å². The van der Waals surface area contributed by atoms with Gasteiger partial charge in [-0.3, -0.25) is 0 Å². The maximum atomic E-state index is 2.64. The topological polar surface area (TPSA) is 9.86 Å². The number of aromatic nitrogens is 2. The molecule has 2 nitrogen and oxygen atoms in total. The third-order valence-corrected chi connectivity index (χ3v) is 51.8. The highest BCUT2D eigenvalue weighted by atomic mass is 29.6.